The van der Waals surface area contributed by atoms with Gasteiger partial charge in [-0.25, -0.2) is 8.78 Å². The Labute approximate surface area is 202 Å². The maximum Gasteiger partial charge on any atom is 0.243 e. The van der Waals surface area contributed by atoms with E-state index >= 15 is 0 Å². The number of rotatable bonds is 9. The van der Waals surface area contributed by atoms with E-state index in [4.69, 9.17) is 11.6 Å². The smallest absolute Gasteiger partial charge is 0.243 e. The second-order valence-corrected chi connectivity index (χ2v) is 9.20. The van der Waals surface area contributed by atoms with Gasteiger partial charge in [0.25, 0.3) is 0 Å². The van der Waals surface area contributed by atoms with Crippen LogP contribution < -0.4 is 10.6 Å². The van der Waals surface area contributed by atoms with Gasteiger partial charge in [0.1, 0.15) is 6.04 Å². The molecule has 1 aliphatic rings. The highest BCUT2D eigenvalue weighted by molar-refractivity contribution is 6.30. The molecule has 0 saturated carbocycles. The molecular weight excluding hydrogens is 464 g/mol. The minimum atomic E-state index is -0.998. The number of hydrogen-bond donors (Lipinski definition) is 2. The molecule has 1 heterocycles. The van der Waals surface area contributed by atoms with Crippen LogP contribution in [0.2, 0.25) is 5.02 Å². The Morgan fingerprint density at radius 1 is 1.18 bits per heavy atom. The third-order valence-electron chi connectivity index (χ3n) is 5.87. The lowest BCUT2D eigenvalue weighted by Gasteiger charge is -2.27. The van der Waals surface area contributed by atoms with Gasteiger partial charge in [-0.2, -0.15) is 0 Å². The van der Waals surface area contributed by atoms with Crippen LogP contribution in [0, 0.1) is 17.6 Å². The van der Waals surface area contributed by atoms with Crippen molar-refractivity contribution in [2.45, 2.75) is 58.3 Å². The summed E-state index contributed by atoms with van der Waals surface area (Å²) in [5, 5.41) is 6.14. The van der Waals surface area contributed by atoms with Crippen molar-refractivity contribution >= 4 is 29.3 Å². The average molecular weight is 492 g/mol. The number of benzene rings is 2. The first-order chi connectivity index (χ1) is 16.2. The number of carbonyl (C=O) groups is 3. The highest BCUT2D eigenvalue weighted by Crippen LogP contribution is 2.25. The second-order valence-electron chi connectivity index (χ2n) is 8.77. The lowest BCUT2D eigenvalue weighted by molar-refractivity contribution is -0.132. The molecule has 0 radical (unpaired) electrons. The zero-order valence-corrected chi connectivity index (χ0v) is 19.9. The van der Waals surface area contributed by atoms with E-state index in [2.05, 4.69) is 10.6 Å². The molecule has 1 fully saturated rings. The number of amides is 3. The molecule has 2 atom stereocenters. The molecule has 6 nitrogen and oxygen atoms in total. The first-order valence-electron chi connectivity index (χ1n) is 11.2. The summed E-state index contributed by atoms with van der Waals surface area (Å²) in [6.45, 7) is 3.79. The van der Waals surface area contributed by atoms with Crippen LogP contribution in [0.4, 0.5) is 8.78 Å². The Bertz CT molecular complexity index is 1060. The number of nitrogens with one attached hydrogen (secondary N) is 2. The normalized spacial score (nSPS) is 16.6. The summed E-state index contributed by atoms with van der Waals surface area (Å²) in [5.74, 6) is -3.10. The van der Waals surface area contributed by atoms with E-state index in [-0.39, 0.29) is 55.1 Å². The van der Waals surface area contributed by atoms with Crippen LogP contribution in [0.5, 0.6) is 0 Å². The molecule has 2 aromatic rings. The van der Waals surface area contributed by atoms with E-state index in [9.17, 15) is 23.2 Å². The summed E-state index contributed by atoms with van der Waals surface area (Å²) in [4.78, 5) is 39.3. The second kappa shape index (κ2) is 11.4. The molecule has 1 aliphatic heterocycles. The number of carbonyl (C=O) groups excluding carboxylic acids is 3. The summed E-state index contributed by atoms with van der Waals surface area (Å²) < 4.78 is 27.7. The largest absolute Gasteiger partial charge is 0.350 e. The molecule has 0 bridgehead atoms. The molecule has 9 heteroatoms. The first-order valence-corrected chi connectivity index (χ1v) is 11.6. The van der Waals surface area contributed by atoms with Crippen molar-refractivity contribution in [3.8, 4) is 0 Å². The molecule has 3 rings (SSSR count). The van der Waals surface area contributed by atoms with Crippen molar-refractivity contribution in [3.05, 3.63) is 70.2 Å². The molecule has 0 spiro atoms. The van der Waals surface area contributed by atoms with Gasteiger partial charge in [0, 0.05) is 42.6 Å². The topological polar surface area (TPSA) is 78.5 Å². The van der Waals surface area contributed by atoms with E-state index in [1.54, 1.807) is 18.2 Å². The number of likely N-dealkylation sites (tertiary alicyclic amines) is 1. The van der Waals surface area contributed by atoms with Crippen molar-refractivity contribution in [2.24, 2.45) is 5.92 Å². The summed E-state index contributed by atoms with van der Waals surface area (Å²) in [6, 6.07) is 9.69. The predicted octanol–water partition coefficient (Wildman–Crippen LogP) is 3.96. The Morgan fingerprint density at radius 3 is 2.62 bits per heavy atom. The molecule has 0 aliphatic carbocycles. The van der Waals surface area contributed by atoms with Crippen LogP contribution >= 0.6 is 11.6 Å². The van der Waals surface area contributed by atoms with Gasteiger partial charge >= 0.3 is 0 Å². The summed E-state index contributed by atoms with van der Waals surface area (Å²) in [7, 11) is 0. The van der Waals surface area contributed by atoms with Gasteiger partial charge in [0.2, 0.25) is 17.7 Å². The molecule has 3 amide bonds. The first kappa shape index (κ1) is 25.6. The van der Waals surface area contributed by atoms with E-state index in [0.717, 1.165) is 11.6 Å². The third-order valence-corrected chi connectivity index (χ3v) is 6.10. The predicted molar refractivity (Wildman–Crippen MR) is 125 cm³/mol. The quantitative estimate of drug-likeness (QED) is 0.557. The van der Waals surface area contributed by atoms with E-state index in [1.807, 2.05) is 19.9 Å². The third kappa shape index (κ3) is 6.53. The van der Waals surface area contributed by atoms with Crippen molar-refractivity contribution in [1.29, 1.82) is 0 Å². The van der Waals surface area contributed by atoms with Crippen molar-refractivity contribution < 1.29 is 23.2 Å². The van der Waals surface area contributed by atoms with E-state index in [0.29, 0.717) is 11.4 Å². The Balaban J connectivity index is 1.60. The number of hydrogen-bond acceptors (Lipinski definition) is 3. The lowest BCUT2D eigenvalue weighted by Crippen LogP contribution is -2.50. The Morgan fingerprint density at radius 2 is 1.91 bits per heavy atom. The van der Waals surface area contributed by atoms with Gasteiger partial charge in [-0.15, -0.1) is 0 Å². The van der Waals surface area contributed by atoms with Gasteiger partial charge in [0.05, 0.1) is 0 Å². The molecule has 2 N–H and O–H groups in total. The molecule has 0 aromatic heterocycles. The van der Waals surface area contributed by atoms with Gasteiger partial charge in [-0.3, -0.25) is 14.4 Å². The van der Waals surface area contributed by atoms with Crippen molar-refractivity contribution in [2.75, 3.05) is 0 Å². The summed E-state index contributed by atoms with van der Waals surface area (Å²) >= 11 is 5.98. The van der Waals surface area contributed by atoms with Crippen LogP contribution in [0.3, 0.4) is 0 Å². The highest BCUT2D eigenvalue weighted by atomic mass is 35.5. The summed E-state index contributed by atoms with van der Waals surface area (Å²) in [6.07, 6.45) is 0.618. The SMILES string of the molecule is CC(C)C(NC(=O)C[C@@H]1CCC(=O)N1Cc1cccc(F)c1F)C(=O)NCc1cccc(Cl)c1. The molecule has 2 aromatic carbocycles. The van der Waals surface area contributed by atoms with Crippen LogP contribution in [-0.2, 0) is 27.5 Å². The number of halogens is 3. The van der Waals surface area contributed by atoms with E-state index < -0.39 is 23.7 Å². The highest BCUT2D eigenvalue weighted by Gasteiger charge is 2.34. The van der Waals surface area contributed by atoms with Gasteiger partial charge in [0.15, 0.2) is 11.6 Å². The van der Waals surface area contributed by atoms with Gasteiger partial charge in [-0.1, -0.05) is 49.7 Å². The van der Waals surface area contributed by atoms with Crippen LogP contribution in [0.25, 0.3) is 0 Å². The molecular formula is C25H28ClF2N3O3. The molecule has 34 heavy (non-hydrogen) atoms. The Hall–Kier alpha value is -3.00. The molecule has 182 valence electrons. The Kier molecular flexibility index (Phi) is 8.61. The van der Waals surface area contributed by atoms with Crippen LogP contribution in [0.1, 0.15) is 44.2 Å². The number of nitrogens with zero attached hydrogens (tertiary/aromatic N) is 1. The standard InChI is InChI=1S/C25H28ClF2N3O3/c1-15(2)24(25(34)29-13-16-5-3-7-18(26)11-16)30-21(32)12-19-9-10-22(33)31(19)14-17-6-4-8-20(27)23(17)28/h3-8,11,15,19,24H,9-10,12-14H2,1-2H3,(H,29,34)(H,30,32)/t19-,24?/m0/s1. The minimum Gasteiger partial charge on any atom is -0.350 e. The van der Waals surface area contributed by atoms with Crippen molar-refractivity contribution in [3.63, 3.8) is 0 Å². The van der Waals surface area contributed by atoms with Crippen molar-refractivity contribution in [1.82, 2.24) is 15.5 Å². The van der Waals surface area contributed by atoms with Gasteiger partial charge < -0.3 is 15.5 Å². The fourth-order valence-electron chi connectivity index (χ4n) is 4.00. The fraction of sp³-hybridized carbons (Fsp3) is 0.400. The fourth-order valence-corrected chi connectivity index (χ4v) is 4.22. The maximum absolute atomic E-state index is 14.1. The lowest BCUT2D eigenvalue weighted by atomic mass is 10.0. The molecule has 1 unspecified atom stereocenters. The summed E-state index contributed by atoms with van der Waals surface area (Å²) in [5.41, 5.74) is 0.889. The molecule has 1 saturated heterocycles. The van der Waals surface area contributed by atoms with E-state index in [1.165, 1.54) is 17.0 Å². The zero-order valence-electron chi connectivity index (χ0n) is 19.1. The maximum atomic E-state index is 14.1. The van der Waals surface area contributed by atoms with Crippen LogP contribution in [0.15, 0.2) is 42.5 Å². The monoisotopic (exact) mass is 491 g/mol. The average Bonchev–Trinajstić information content (AvgIpc) is 3.12. The van der Waals surface area contributed by atoms with Gasteiger partial charge in [-0.05, 0) is 36.1 Å². The zero-order chi connectivity index (χ0) is 24.8. The van der Waals surface area contributed by atoms with Crippen LogP contribution in [-0.4, -0.2) is 34.7 Å². The minimum absolute atomic E-state index is 0.0343.